The highest BCUT2D eigenvalue weighted by atomic mass is 32.2. The first-order valence-corrected chi connectivity index (χ1v) is 10.5. The summed E-state index contributed by atoms with van der Waals surface area (Å²) in [6, 6.07) is 17.2. The number of rotatable bonds is 6. The molecule has 0 bridgehead atoms. The van der Waals surface area contributed by atoms with Gasteiger partial charge in [-0.15, -0.1) is 11.8 Å². The Kier molecular flexibility index (Phi) is 5.58. The molecule has 0 spiro atoms. The molecule has 0 saturated carbocycles. The Morgan fingerprint density at radius 2 is 1.93 bits per heavy atom. The predicted molar refractivity (Wildman–Crippen MR) is 120 cm³/mol. The van der Waals surface area contributed by atoms with Crippen LogP contribution in [0.1, 0.15) is 10.5 Å². The molecule has 0 atom stereocenters. The third-order valence-electron chi connectivity index (χ3n) is 4.60. The standard InChI is InChI=1S/C22H21N5O2S/c1-23-21(28)19-13-16(9-10-24-19)29-15-7-8-20-18(12-15)26-22(27(20)2)25-14-5-4-6-17(11-14)30-3/h4-13H,1-3H3,(H,23,28)(H,25,26). The number of aryl methyl sites for hydroxylation is 1. The maximum absolute atomic E-state index is 11.8. The fraction of sp³-hybridized carbons (Fsp3) is 0.136. The Bertz CT molecular complexity index is 1220. The molecule has 8 heteroatoms. The summed E-state index contributed by atoms with van der Waals surface area (Å²) >= 11 is 1.70. The van der Waals surface area contributed by atoms with Crippen LogP contribution in [0.5, 0.6) is 11.5 Å². The van der Waals surface area contributed by atoms with Crippen LogP contribution >= 0.6 is 11.8 Å². The van der Waals surface area contributed by atoms with Crippen LogP contribution in [0.2, 0.25) is 0 Å². The van der Waals surface area contributed by atoms with Gasteiger partial charge in [-0.05, 0) is 42.7 Å². The largest absolute Gasteiger partial charge is 0.457 e. The average Bonchev–Trinajstić information content (AvgIpc) is 3.08. The first-order valence-electron chi connectivity index (χ1n) is 9.31. The van der Waals surface area contributed by atoms with E-state index < -0.39 is 0 Å². The van der Waals surface area contributed by atoms with Gasteiger partial charge in [0.25, 0.3) is 5.91 Å². The number of imidazole rings is 1. The van der Waals surface area contributed by atoms with Crippen LogP contribution in [0.3, 0.4) is 0 Å². The van der Waals surface area contributed by atoms with Gasteiger partial charge in [-0.2, -0.15) is 0 Å². The van der Waals surface area contributed by atoms with Crippen molar-refractivity contribution in [3.8, 4) is 11.5 Å². The summed E-state index contributed by atoms with van der Waals surface area (Å²) in [5, 5.41) is 5.93. The Morgan fingerprint density at radius 1 is 1.10 bits per heavy atom. The molecule has 0 aliphatic carbocycles. The molecule has 2 aromatic heterocycles. The predicted octanol–water partition coefficient (Wildman–Crippen LogP) is 4.59. The monoisotopic (exact) mass is 419 g/mol. The molecule has 0 saturated heterocycles. The Balaban J connectivity index is 1.59. The molecular weight excluding hydrogens is 398 g/mol. The van der Waals surface area contributed by atoms with Gasteiger partial charge in [0, 0.05) is 43.0 Å². The molecule has 2 N–H and O–H groups in total. The quantitative estimate of drug-likeness (QED) is 0.445. The zero-order chi connectivity index (χ0) is 21.1. The Hall–Kier alpha value is -3.52. The second kappa shape index (κ2) is 8.46. The minimum Gasteiger partial charge on any atom is -0.457 e. The first-order chi connectivity index (χ1) is 14.6. The summed E-state index contributed by atoms with van der Waals surface area (Å²) in [5.41, 5.74) is 3.06. The van der Waals surface area contributed by atoms with E-state index in [1.165, 1.54) is 4.90 Å². The summed E-state index contributed by atoms with van der Waals surface area (Å²) < 4.78 is 7.93. The summed E-state index contributed by atoms with van der Waals surface area (Å²) in [6.45, 7) is 0. The van der Waals surface area contributed by atoms with Crippen LogP contribution in [0.25, 0.3) is 11.0 Å². The summed E-state index contributed by atoms with van der Waals surface area (Å²) in [4.78, 5) is 21.7. The lowest BCUT2D eigenvalue weighted by Crippen LogP contribution is -2.18. The van der Waals surface area contributed by atoms with Crippen LogP contribution < -0.4 is 15.4 Å². The number of amides is 1. The van der Waals surface area contributed by atoms with E-state index in [1.807, 2.05) is 41.9 Å². The summed E-state index contributed by atoms with van der Waals surface area (Å²) in [6.07, 6.45) is 3.60. The van der Waals surface area contributed by atoms with Gasteiger partial charge in [0.1, 0.15) is 17.2 Å². The van der Waals surface area contributed by atoms with E-state index >= 15 is 0 Å². The van der Waals surface area contributed by atoms with Crippen LogP contribution in [0, 0.1) is 0 Å². The van der Waals surface area contributed by atoms with Crippen LogP contribution in [-0.4, -0.2) is 33.7 Å². The Labute approximate surface area is 178 Å². The van der Waals surface area contributed by atoms with E-state index in [1.54, 1.807) is 37.1 Å². The van der Waals surface area contributed by atoms with Crippen molar-refractivity contribution < 1.29 is 9.53 Å². The minimum absolute atomic E-state index is 0.262. The van der Waals surface area contributed by atoms with Gasteiger partial charge in [-0.1, -0.05) is 6.07 Å². The number of anilines is 2. The van der Waals surface area contributed by atoms with E-state index in [9.17, 15) is 4.79 Å². The lowest BCUT2D eigenvalue weighted by atomic mass is 10.3. The number of carbonyl (C=O) groups is 1. The minimum atomic E-state index is -0.262. The van der Waals surface area contributed by atoms with Crippen LogP contribution in [0.15, 0.2) is 65.7 Å². The molecule has 4 rings (SSSR count). The fourth-order valence-electron chi connectivity index (χ4n) is 3.05. The van der Waals surface area contributed by atoms with Crippen molar-refractivity contribution in [2.24, 2.45) is 7.05 Å². The molecule has 0 unspecified atom stereocenters. The van der Waals surface area contributed by atoms with Crippen LogP contribution in [-0.2, 0) is 7.05 Å². The number of carbonyl (C=O) groups excluding carboxylic acids is 1. The maximum Gasteiger partial charge on any atom is 0.269 e. The molecule has 2 aromatic carbocycles. The SMILES string of the molecule is CNC(=O)c1cc(Oc2ccc3c(c2)nc(Nc2cccc(SC)c2)n3C)ccn1. The number of aromatic nitrogens is 3. The number of benzene rings is 2. The summed E-state index contributed by atoms with van der Waals surface area (Å²) in [5.74, 6) is 1.64. The molecule has 30 heavy (non-hydrogen) atoms. The highest BCUT2D eigenvalue weighted by molar-refractivity contribution is 7.98. The third-order valence-corrected chi connectivity index (χ3v) is 5.33. The van der Waals surface area contributed by atoms with Gasteiger partial charge < -0.3 is 19.9 Å². The van der Waals surface area contributed by atoms with Gasteiger partial charge in [0.15, 0.2) is 0 Å². The maximum atomic E-state index is 11.8. The fourth-order valence-corrected chi connectivity index (χ4v) is 3.51. The molecule has 4 aromatic rings. The second-order valence-corrected chi connectivity index (χ2v) is 7.44. The van der Waals surface area contributed by atoms with Crippen molar-refractivity contribution in [3.63, 3.8) is 0 Å². The number of fused-ring (bicyclic) bond motifs is 1. The number of pyridine rings is 1. The number of thioether (sulfide) groups is 1. The topological polar surface area (TPSA) is 81.1 Å². The highest BCUT2D eigenvalue weighted by Gasteiger charge is 2.11. The van der Waals surface area contributed by atoms with Crippen molar-refractivity contribution in [2.45, 2.75) is 4.90 Å². The molecule has 0 aliphatic rings. The number of nitrogens with zero attached hydrogens (tertiary/aromatic N) is 3. The number of nitrogens with one attached hydrogen (secondary N) is 2. The number of ether oxygens (including phenoxy) is 1. The zero-order valence-electron chi connectivity index (χ0n) is 16.8. The van der Waals surface area contributed by atoms with Crippen molar-refractivity contribution in [1.82, 2.24) is 19.9 Å². The lowest BCUT2D eigenvalue weighted by Gasteiger charge is -2.08. The van der Waals surface area contributed by atoms with Crippen molar-refractivity contribution >= 4 is 40.3 Å². The third kappa shape index (κ3) is 4.08. The van der Waals surface area contributed by atoms with Gasteiger partial charge in [0.05, 0.1) is 11.0 Å². The molecule has 0 radical (unpaired) electrons. The molecule has 0 aliphatic heterocycles. The molecule has 7 nitrogen and oxygen atoms in total. The van der Waals surface area contributed by atoms with E-state index in [-0.39, 0.29) is 5.91 Å². The van der Waals surface area contributed by atoms with Crippen LogP contribution in [0.4, 0.5) is 11.6 Å². The van der Waals surface area contributed by atoms with Crippen molar-refractivity contribution in [2.75, 3.05) is 18.6 Å². The van der Waals surface area contributed by atoms with Crippen molar-refractivity contribution in [1.29, 1.82) is 0 Å². The molecular formula is C22H21N5O2S. The van der Waals surface area contributed by atoms with Gasteiger partial charge >= 0.3 is 0 Å². The van der Waals surface area contributed by atoms with E-state index in [0.29, 0.717) is 17.2 Å². The molecule has 0 fully saturated rings. The highest BCUT2D eigenvalue weighted by Crippen LogP contribution is 2.29. The summed E-state index contributed by atoms with van der Waals surface area (Å²) in [7, 11) is 3.53. The van der Waals surface area contributed by atoms with E-state index in [0.717, 1.165) is 22.7 Å². The normalized spacial score (nSPS) is 10.8. The number of hydrogen-bond acceptors (Lipinski definition) is 6. The first kappa shape index (κ1) is 19.8. The average molecular weight is 420 g/mol. The zero-order valence-corrected chi connectivity index (χ0v) is 17.7. The number of hydrogen-bond donors (Lipinski definition) is 2. The smallest absolute Gasteiger partial charge is 0.269 e. The van der Waals surface area contributed by atoms with Gasteiger partial charge in [-0.3, -0.25) is 9.78 Å². The molecule has 1 amide bonds. The molecule has 152 valence electrons. The second-order valence-electron chi connectivity index (χ2n) is 6.56. The van der Waals surface area contributed by atoms with Gasteiger partial charge in [-0.25, -0.2) is 4.98 Å². The van der Waals surface area contributed by atoms with E-state index in [2.05, 4.69) is 34.0 Å². The Morgan fingerprint density at radius 3 is 2.73 bits per heavy atom. The van der Waals surface area contributed by atoms with Crippen molar-refractivity contribution in [3.05, 3.63) is 66.5 Å². The van der Waals surface area contributed by atoms with Gasteiger partial charge in [0.2, 0.25) is 5.95 Å². The van der Waals surface area contributed by atoms with E-state index in [4.69, 9.17) is 9.72 Å². The lowest BCUT2D eigenvalue weighted by molar-refractivity contribution is 0.0958. The molecule has 2 heterocycles.